The third-order valence-corrected chi connectivity index (χ3v) is 2.33. The zero-order chi connectivity index (χ0) is 15.9. The fraction of sp³-hybridized carbons (Fsp3) is 0.438. The number of rotatable bonds is 3. The van der Waals surface area contributed by atoms with E-state index >= 15 is 0 Å². The summed E-state index contributed by atoms with van der Waals surface area (Å²) in [6.07, 6.45) is -0.107. The van der Waals surface area contributed by atoms with Crippen molar-refractivity contribution in [1.29, 1.82) is 0 Å². The van der Waals surface area contributed by atoms with Crippen molar-refractivity contribution in [3.05, 3.63) is 29.6 Å². The molecule has 0 saturated heterocycles. The maximum absolute atomic E-state index is 13.6. The van der Waals surface area contributed by atoms with Gasteiger partial charge in [0.05, 0.1) is 7.11 Å². The van der Waals surface area contributed by atoms with E-state index in [0.717, 1.165) is 0 Å². The highest BCUT2D eigenvalue weighted by Gasteiger charge is 2.15. The molecule has 1 amide bonds. The lowest BCUT2D eigenvalue weighted by Gasteiger charge is -2.19. The number of halogens is 1. The maximum atomic E-state index is 13.6. The molecule has 0 spiro atoms. The van der Waals surface area contributed by atoms with Crippen LogP contribution in [0, 0.1) is 17.7 Å². The van der Waals surface area contributed by atoms with Crippen molar-refractivity contribution < 1.29 is 18.7 Å². The minimum absolute atomic E-state index is 0.220. The summed E-state index contributed by atoms with van der Waals surface area (Å²) in [5.74, 6) is 5.47. The van der Waals surface area contributed by atoms with Gasteiger partial charge in [-0.05, 0) is 32.9 Å². The van der Waals surface area contributed by atoms with Crippen molar-refractivity contribution in [2.45, 2.75) is 32.8 Å². The van der Waals surface area contributed by atoms with Crippen molar-refractivity contribution >= 4 is 6.09 Å². The predicted molar refractivity (Wildman–Crippen MR) is 78.7 cm³/mol. The lowest BCUT2D eigenvalue weighted by Crippen LogP contribution is -2.32. The first-order valence-corrected chi connectivity index (χ1v) is 6.61. The lowest BCUT2D eigenvalue weighted by atomic mass is 10.2. The van der Waals surface area contributed by atoms with Crippen LogP contribution in [0.25, 0.3) is 0 Å². The second kappa shape index (κ2) is 7.53. The average Bonchev–Trinajstić information content (AvgIpc) is 2.37. The van der Waals surface area contributed by atoms with Crippen molar-refractivity contribution in [2.24, 2.45) is 0 Å². The van der Waals surface area contributed by atoms with Crippen LogP contribution in [0.3, 0.4) is 0 Å². The Morgan fingerprint density at radius 3 is 2.71 bits per heavy atom. The van der Waals surface area contributed by atoms with E-state index in [9.17, 15) is 9.18 Å². The van der Waals surface area contributed by atoms with Gasteiger partial charge in [0.2, 0.25) is 0 Å². The van der Waals surface area contributed by atoms with Crippen molar-refractivity contribution in [1.82, 2.24) is 5.32 Å². The summed E-state index contributed by atoms with van der Waals surface area (Å²) in [4.78, 5) is 11.4. The van der Waals surface area contributed by atoms with Gasteiger partial charge in [0.1, 0.15) is 22.7 Å². The summed E-state index contributed by atoms with van der Waals surface area (Å²) >= 11 is 0. The number of hydrogen-bond donors (Lipinski definition) is 1. The summed E-state index contributed by atoms with van der Waals surface area (Å²) in [6, 6.07) is 4.53. The Morgan fingerprint density at radius 2 is 2.10 bits per heavy atom. The molecule has 4 nitrogen and oxygen atoms in total. The van der Waals surface area contributed by atoms with Gasteiger partial charge >= 0.3 is 6.09 Å². The van der Waals surface area contributed by atoms with Gasteiger partial charge in [-0.15, -0.1) is 0 Å². The largest absolute Gasteiger partial charge is 0.495 e. The Bertz CT molecular complexity index is 553. The molecule has 0 aliphatic rings. The number of nitrogens with one attached hydrogen (secondary N) is 1. The molecule has 1 rings (SSSR count). The number of benzene rings is 1. The summed E-state index contributed by atoms with van der Waals surface area (Å²) in [6.45, 7) is 5.70. The van der Waals surface area contributed by atoms with Gasteiger partial charge in [0.25, 0.3) is 0 Å². The molecule has 21 heavy (non-hydrogen) atoms. The van der Waals surface area contributed by atoms with E-state index in [-0.39, 0.29) is 5.56 Å². The van der Waals surface area contributed by atoms with Gasteiger partial charge in [0.15, 0.2) is 0 Å². The SMILES string of the molecule is COc1cccc(F)c1C#CCCNC(=O)OC(C)(C)C. The Labute approximate surface area is 124 Å². The predicted octanol–water partition coefficient (Wildman–Crippen LogP) is 3.10. The van der Waals surface area contributed by atoms with Gasteiger partial charge in [-0.1, -0.05) is 17.9 Å². The van der Waals surface area contributed by atoms with Crippen LogP contribution >= 0.6 is 0 Å². The van der Waals surface area contributed by atoms with Crippen LogP contribution in [-0.4, -0.2) is 25.3 Å². The van der Waals surface area contributed by atoms with Crippen LogP contribution in [0.2, 0.25) is 0 Å². The number of carbonyl (C=O) groups excluding carboxylic acids is 1. The van der Waals surface area contributed by atoms with E-state index in [1.807, 2.05) is 0 Å². The van der Waals surface area contributed by atoms with Crippen LogP contribution in [0.4, 0.5) is 9.18 Å². The second-order valence-corrected chi connectivity index (χ2v) is 5.30. The summed E-state index contributed by atoms with van der Waals surface area (Å²) < 4.78 is 23.7. The van der Waals surface area contributed by atoms with Gasteiger partial charge in [-0.25, -0.2) is 9.18 Å². The zero-order valence-corrected chi connectivity index (χ0v) is 12.7. The van der Waals surface area contributed by atoms with Crippen LogP contribution in [0.1, 0.15) is 32.8 Å². The van der Waals surface area contributed by atoms with Crippen molar-refractivity contribution in [2.75, 3.05) is 13.7 Å². The lowest BCUT2D eigenvalue weighted by molar-refractivity contribution is 0.0529. The van der Waals surface area contributed by atoms with E-state index in [1.165, 1.54) is 13.2 Å². The maximum Gasteiger partial charge on any atom is 0.407 e. The minimum Gasteiger partial charge on any atom is -0.495 e. The van der Waals surface area contributed by atoms with E-state index in [0.29, 0.717) is 18.7 Å². The standard InChI is InChI=1S/C16H20FNO3/c1-16(2,3)21-15(19)18-11-6-5-8-12-13(17)9-7-10-14(12)20-4/h7,9-10H,6,11H2,1-4H3,(H,18,19). The van der Waals surface area contributed by atoms with E-state index in [1.54, 1.807) is 32.9 Å². The third-order valence-electron chi connectivity index (χ3n) is 2.33. The molecule has 0 unspecified atom stereocenters. The summed E-state index contributed by atoms with van der Waals surface area (Å²) in [5.41, 5.74) is -0.312. The normalized spacial score (nSPS) is 10.3. The van der Waals surface area contributed by atoms with E-state index in [2.05, 4.69) is 17.2 Å². The third kappa shape index (κ3) is 6.17. The Morgan fingerprint density at radius 1 is 1.38 bits per heavy atom. The van der Waals surface area contributed by atoms with E-state index in [4.69, 9.17) is 9.47 Å². The number of ether oxygens (including phenoxy) is 2. The number of amides is 1. The van der Waals surface area contributed by atoms with Crippen LogP contribution in [0.5, 0.6) is 5.75 Å². The zero-order valence-electron chi connectivity index (χ0n) is 12.7. The molecule has 0 atom stereocenters. The molecule has 0 saturated carbocycles. The van der Waals surface area contributed by atoms with Gasteiger partial charge in [0, 0.05) is 13.0 Å². The number of carbonyl (C=O) groups is 1. The monoisotopic (exact) mass is 293 g/mol. The first kappa shape index (κ1) is 16.8. The van der Waals surface area contributed by atoms with Gasteiger partial charge in [-0.2, -0.15) is 0 Å². The molecule has 0 bridgehead atoms. The molecular formula is C16H20FNO3. The van der Waals surface area contributed by atoms with Crippen LogP contribution in [0.15, 0.2) is 18.2 Å². The molecule has 0 aromatic heterocycles. The number of methoxy groups -OCH3 is 1. The highest BCUT2D eigenvalue weighted by molar-refractivity contribution is 5.67. The first-order valence-electron chi connectivity index (χ1n) is 6.61. The average molecular weight is 293 g/mol. The highest BCUT2D eigenvalue weighted by Crippen LogP contribution is 2.19. The highest BCUT2D eigenvalue weighted by atomic mass is 19.1. The van der Waals surface area contributed by atoms with Gasteiger partial charge in [-0.3, -0.25) is 0 Å². The molecule has 1 aromatic rings. The smallest absolute Gasteiger partial charge is 0.407 e. The quantitative estimate of drug-likeness (QED) is 0.688. The number of alkyl carbamates (subject to hydrolysis) is 1. The number of hydrogen-bond acceptors (Lipinski definition) is 3. The Hall–Kier alpha value is -2.22. The second-order valence-electron chi connectivity index (χ2n) is 5.30. The van der Waals surface area contributed by atoms with Gasteiger partial charge < -0.3 is 14.8 Å². The molecule has 114 valence electrons. The van der Waals surface area contributed by atoms with Crippen molar-refractivity contribution in [3.8, 4) is 17.6 Å². The fourth-order valence-corrected chi connectivity index (χ4v) is 1.49. The summed E-state index contributed by atoms with van der Waals surface area (Å²) in [5, 5.41) is 2.58. The molecule has 1 aromatic carbocycles. The topological polar surface area (TPSA) is 47.6 Å². The van der Waals surface area contributed by atoms with Crippen molar-refractivity contribution in [3.63, 3.8) is 0 Å². The first-order chi connectivity index (χ1) is 9.83. The molecule has 1 N–H and O–H groups in total. The molecule has 5 heteroatoms. The van der Waals surface area contributed by atoms with Crippen LogP contribution < -0.4 is 10.1 Å². The Kier molecular flexibility index (Phi) is 6.04. The summed E-state index contributed by atoms with van der Waals surface area (Å²) in [7, 11) is 1.46. The molecule has 0 aliphatic heterocycles. The molecule has 0 heterocycles. The molecule has 0 radical (unpaired) electrons. The molecule has 0 aliphatic carbocycles. The van der Waals surface area contributed by atoms with E-state index < -0.39 is 17.5 Å². The Balaban J connectivity index is 2.49. The minimum atomic E-state index is -0.531. The molecular weight excluding hydrogens is 273 g/mol. The molecule has 0 fully saturated rings. The fourth-order valence-electron chi connectivity index (χ4n) is 1.49. The van der Waals surface area contributed by atoms with Crippen LogP contribution in [-0.2, 0) is 4.74 Å².